The maximum atomic E-state index is 4.65. The summed E-state index contributed by atoms with van der Waals surface area (Å²) in [6.07, 6.45) is 7.64. The van der Waals surface area contributed by atoms with Crippen molar-refractivity contribution in [3.8, 4) is 10.6 Å². The van der Waals surface area contributed by atoms with Gasteiger partial charge in [-0.3, -0.25) is 9.38 Å². The fourth-order valence-corrected chi connectivity index (χ4v) is 4.14. The third kappa shape index (κ3) is 3.07. The fraction of sp³-hybridized carbons (Fsp3) is 0.250. The Balaban J connectivity index is 1.68. The van der Waals surface area contributed by atoms with E-state index in [1.807, 2.05) is 25.5 Å². The highest BCUT2D eigenvalue weighted by atomic mass is 32.1. The van der Waals surface area contributed by atoms with Crippen molar-refractivity contribution in [1.82, 2.24) is 19.4 Å². The first kappa shape index (κ1) is 16.0. The molecule has 0 bridgehead atoms. The molecule has 0 fully saturated rings. The summed E-state index contributed by atoms with van der Waals surface area (Å²) in [4.78, 5) is 15.0. The highest BCUT2D eigenvalue weighted by molar-refractivity contribution is 7.15. The molecule has 0 radical (unpaired) electrons. The van der Waals surface area contributed by atoms with Gasteiger partial charge < -0.3 is 0 Å². The second-order valence-corrected chi connectivity index (χ2v) is 7.55. The number of nitrogens with zero attached hydrogens (tertiary/aromatic N) is 4. The van der Waals surface area contributed by atoms with Crippen LogP contribution in [-0.2, 0) is 12.8 Å². The van der Waals surface area contributed by atoms with Crippen LogP contribution in [0.5, 0.6) is 0 Å². The van der Waals surface area contributed by atoms with E-state index in [1.54, 1.807) is 11.3 Å². The lowest BCUT2D eigenvalue weighted by molar-refractivity contribution is 0.901. The minimum Gasteiger partial charge on any atom is -0.296 e. The van der Waals surface area contributed by atoms with Crippen molar-refractivity contribution in [3.05, 3.63) is 70.4 Å². The normalized spacial score (nSPS) is 11.3. The molecule has 4 aromatic rings. The Morgan fingerprint density at radius 2 is 1.96 bits per heavy atom. The number of imidazole rings is 1. The summed E-state index contributed by atoms with van der Waals surface area (Å²) in [6, 6.07) is 8.65. The standard InChI is InChI=1S/C20H20N4S/c1-13-5-4-6-16(11-13)7-8-17-20-22-12-18(24(20)10-9-21-17)19-14(2)23-15(3)25-19/h4-6,9-12H,7-8H2,1-3H3. The van der Waals surface area contributed by atoms with Crippen LogP contribution in [0.3, 0.4) is 0 Å². The average Bonchev–Trinajstić information content (AvgIpc) is 3.15. The van der Waals surface area contributed by atoms with Crippen LogP contribution >= 0.6 is 11.3 Å². The smallest absolute Gasteiger partial charge is 0.159 e. The number of fused-ring (bicyclic) bond motifs is 1. The molecule has 126 valence electrons. The lowest BCUT2D eigenvalue weighted by Gasteiger charge is -2.05. The molecule has 3 aromatic heterocycles. The van der Waals surface area contributed by atoms with Gasteiger partial charge in [0, 0.05) is 12.4 Å². The van der Waals surface area contributed by atoms with Crippen molar-refractivity contribution < 1.29 is 0 Å². The number of hydrogen-bond acceptors (Lipinski definition) is 4. The van der Waals surface area contributed by atoms with Gasteiger partial charge in [-0.05, 0) is 39.2 Å². The summed E-state index contributed by atoms with van der Waals surface area (Å²) >= 11 is 1.71. The summed E-state index contributed by atoms with van der Waals surface area (Å²) in [5.41, 5.74) is 6.76. The maximum absolute atomic E-state index is 4.65. The molecule has 5 heteroatoms. The molecular weight excluding hydrogens is 328 g/mol. The molecule has 1 aromatic carbocycles. The van der Waals surface area contributed by atoms with Gasteiger partial charge >= 0.3 is 0 Å². The SMILES string of the molecule is Cc1cccc(CCc2nccn3c(-c4sc(C)nc4C)cnc23)c1. The minimum atomic E-state index is 0.880. The van der Waals surface area contributed by atoms with E-state index in [9.17, 15) is 0 Å². The molecule has 0 N–H and O–H groups in total. The molecule has 0 aliphatic heterocycles. The van der Waals surface area contributed by atoms with E-state index in [1.165, 1.54) is 16.0 Å². The van der Waals surface area contributed by atoms with Gasteiger partial charge in [-0.2, -0.15) is 0 Å². The average molecular weight is 348 g/mol. The zero-order valence-corrected chi connectivity index (χ0v) is 15.5. The maximum Gasteiger partial charge on any atom is 0.159 e. The highest BCUT2D eigenvalue weighted by Crippen LogP contribution is 2.30. The Bertz CT molecular complexity index is 1040. The van der Waals surface area contributed by atoms with Gasteiger partial charge in [0.25, 0.3) is 0 Å². The molecular formula is C20H20N4S. The first-order valence-electron chi connectivity index (χ1n) is 8.42. The molecule has 0 amide bonds. The lowest BCUT2D eigenvalue weighted by Crippen LogP contribution is -2.00. The van der Waals surface area contributed by atoms with Crippen molar-refractivity contribution in [2.24, 2.45) is 0 Å². The van der Waals surface area contributed by atoms with E-state index >= 15 is 0 Å². The van der Waals surface area contributed by atoms with E-state index in [-0.39, 0.29) is 0 Å². The van der Waals surface area contributed by atoms with E-state index in [2.05, 4.69) is 57.5 Å². The summed E-state index contributed by atoms with van der Waals surface area (Å²) in [6.45, 7) is 6.22. The summed E-state index contributed by atoms with van der Waals surface area (Å²) < 4.78 is 2.14. The molecule has 0 saturated heterocycles. The van der Waals surface area contributed by atoms with Crippen LogP contribution in [-0.4, -0.2) is 19.4 Å². The summed E-state index contributed by atoms with van der Waals surface area (Å²) in [5.74, 6) is 0. The van der Waals surface area contributed by atoms with E-state index in [4.69, 9.17) is 0 Å². The Hall–Kier alpha value is -2.53. The zero-order chi connectivity index (χ0) is 17.4. The number of rotatable bonds is 4. The Morgan fingerprint density at radius 1 is 1.08 bits per heavy atom. The minimum absolute atomic E-state index is 0.880. The topological polar surface area (TPSA) is 43.1 Å². The van der Waals surface area contributed by atoms with Gasteiger partial charge in [-0.1, -0.05) is 29.8 Å². The van der Waals surface area contributed by atoms with E-state index in [0.29, 0.717) is 0 Å². The van der Waals surface area contributed by atoms with Gasteiger partial charge in [0.2, 0.25) is 0 Å². The van der Waals surface area contributed by atoms with Crippen LogP contribution in [0.4, 0.5) is 0 Å². The van der Waals surface area contributed by atoms with Crippen molar-refractivity contribution in [1.29, 1.82) is 0 Å². The Labute approximate surface area is 151 Å². The van der Waals surface area contributed by atoms with E-state index in [0.717, 1.165) is 40.6 Å². The quantitative estimate of drug-likeness (QED) is 0.543. The molecule has 3 heterocycles. The van der Waals surface area contributed by atoms with Crippen molar-refractivity contribution >= 4 is 17.0 Å². The largest absolute Gasteiger partial charge is 0.296 e. The van der Waals surface area contributed by atoms with Crippen molar-refractivity contribution in [2.45, 2.75) is 33.6 Å². The van der Waals surface area contributed by atoms with Crippen LogP contribution in [0.2, 0.25) is 0 Å². The fourth-order valence-electron chi connectivity index (χ4n) is 3.22. The zero-order valence-electron chi connectivity index (χ0n) is 14.7. The van der Waals surface area contributed by atoms with Crippen LogP contribution in [0.15, 0.2) is 42.9 Å². The molecule has 4 rings (SSSR count). The Kier molecular flexibility index (Phi) is 4.09. The van der Waals surface area contributed by atoms with Gasteiger partial charge in [0.1, 0.15) is 0 Å². The molecule has 4 nitrogen and oxygen atoms in total. The van der Waals surface area contributed by atoms with Crippen molar-refractivity contribution in [3.63, 3.8) is 0 Å². The van der Waals surface area contributed by atoms with E-state index < -0.39 is 0 Å². The third-order valence-electron chi connectivity index (χ3n) is 4.37. The number of benzene rings is 1. The number of aryl methyl sites for hydroxylation is 5. The summed E-state index contributed by atoms with van der Waals surface area (Å²) in [5, 5.41) is 1.08. The molecule has 0 aliphatic rings. The highest BCUT2D eigenvalue weighted by Gasteiger charge is 2.14. The predicted octanol–water partition coefficient (Wildman–Crippen LogP) is 4.56. The molecule has 25 heavy (non-hydrogen) atoms. The second kappa shape index (κ2) is 6.41. The lowest BCUT2D eigenvalue weighted by atomic mass is 10.1. The van der Waals surface area contributed by atoms with Crippen molar-refractivity contribution in [2.75, 3.05) is 0 Å². The molecule has 0 aliphatic carbocycles. The third-order valence-corrected chi connectivity index (χ3v) is 5.47. The Morgan fingerprint density at radius 3 is 2.72 bits per heavy atom. The molecule has 0 atom stereocenters. The monoisotopic (exact) mass is 348 g/mol. The first-order valence-corrected chi connectivity index (χ1v) is 9.24. The number of thiazole rings is 1. The van der Waals surface area contributed by atoms with Crippen LogP contribution < -0.4 is 0 Å². The number of hydrogen-bond donors (Lipinski definition) is 0. The predicted molar refractivity (Wildman–Crippen MR) is 102 cm³/mol. The summed E-state index contributed by atoms with van der Waals surface area (Å²) in [7, 11) is 0. The van der Waals surface area contributed by atoms with Crippen LogP contribution in [0, 0.1) is 20.8 Å². The van der Waals surface area contributed by atoms with Gasteiger partial charge in [-0.25, -0.2) is 9.97 Å². The van der Waals surface area contributed by atoms with Gasteiger partial charge in [0.05, 0.1) is 33.2 Å². The number of aromatic nitrogens is 4. The molecule has 0 unspecified atom stereocenters. The van der Waals surface area contributed by atoms with Gasteiger partial charge in [-0.15, -0.1) is 11.3 Å². The molecule has 0 saturated carbocycles. The second-order valence-electron chi connectivity index (χ2n) is 6.35. The van der Waals surface area contributed by atoms with Crippen LogP contribution in [0.1, 0.15) is 27.5 Å². The first-order chi connectivity index (χ1) is 12.1. The molecule has 0 spiro atoms. The van der Waals surface area contributed by atoms with Gasteiger partial charge in [0.15, 0.2) is 5.65 Å². The van der Waals surface area contributed by atoms with Crippen LogP contribution in [0.25, 0.3) is 16.2 Å².